The number of halogens is 3. The zero-order valence-electron chi connectivity index (χ0n) is 19.6. The molecule has 0 saturated heterocycles. The summed E-state index contributed by atoms with van der Waals surface area (Å²) >= 11 is 18.1. The highest BCUT2D eigenvalue weighted by Gasteiger charge is 2.31. The molecule has 1 atom stereocenters. The van der Waals surface area contributed by atoms with E-state index < -0.39 is 34.1 Å². The number of carbonyl (C=O) groups excluding carboxylic acids is 2. The smallest absolute Gasteiger partial charge is 0.244 e. The third kappa shape index (κ3) is 8.34. The number of hydrogen-bond donors (Lipinski definition) is 1. The second kappa shape index (κ2) is 11.2. The molecule has 0 radical (unpaired) electrons. The van der Waals surface area contributed by atoms with Gasteiger partial charge in [-0.25, -0.2) is 8.42 Å². The van der Waals surface area contributed by atoms with Gasteiger partial charge in [0.2, 0.25) is 21.8 Å². The summed E-state index contributed by atoms with van der Waals surface area (Å²) < 4.78 is 26.1. The van der Waals surface area contributed by atoms with Crippen molar-refractivity contribution in [3.05, 3.63) is 63.1 Å². The Morgan fingerprint density at radius 3 is 1.97 bits per heavy atom. The summed E-state index contributed by atoms with van der Waals surface area (Å²) in [5.41, 5.74) is 0.355. The van der Waals surface area contributed by atoms with Gasteiger partial charge in [-0.2, -0.15) is 0 Å². The van der Waals surface area contributed by atoms with Crippen LogP contribution in [0, 0.1) is 0 Å². The molecule has 186 valence electrons. The Balaban J connectivity index is 2.43. The molecule has 0 aliphatic heterocycles. The minimum absolute atomic E-state index is 0.0721. The zero-order chi connectivity index (χ0) is 25.8. The van der Waals surface area contributed by atoms with Gasteiger partial charge in [-0.1, -0.05) is 46.9 Å². The number of amides is 2. The number of rotatable bonds is 8. The van der Waals surface area contributed by atoms with Crippen LogP contribution in [0.25, 0.3) is 0 Å². The van der Waals surface area contributed by atoms with Crippen LogP contribution in [0.3, 0.4) is 0 Å². The van der Waals surface area contributed by atoms with Gasteiger partial charge in [0.25, 0.3) is 0 Å². The van der Waals surface area contributed by atoms with Gasteiger partial charge in [-0.3, -0.25) is 13.9 Å². The van der Waals surface area contributed by atoms with Crippen LogP contribution in [0.1, 0.15) is 33.3 Å². The zero-order valence-corrected chi connectivity index (χ0v) is 22.7. The lowest BCUT2D eigenvalue weighted by Gasteiger charge is -2.33. The van der Waals surface area contributed by atoms with Crippen LogP contribution in [-0.4, -0.2) is 49.5 Å². The first-order valence-electron chi connectivity index (χ1n) is 10.4. The van der Waals surface area contributed by atoms with Gasteiger partial charge in [0.1, 0.15) is 12.6 Å². The average Bonchev–Trinajstić information content (AvgIpc) is 2.68. The molecular weight excluding hydrogens is 521 g/mol. The second-order valence-corrected chi connectivity index (χ2v) is 12.2. The van der Waals surface area contributed by atoms with Crippen molar-refractivity contribution in [1.82, 2.24) is 10.2 Å². The van der Waals surface area contributed by atoms with Gasteiger partial charge in [-0.05, 0) is 63.6 Å². The van der Waals surface area contributed by atoms with Gasteiger partial charge < -0.3 is 10.2 Å². The number of sulfonamides is 1. The lowest BCUT2D eigenvalue weighted by atomic mass is 10.1. The number of anilines is 1. The SMILES string of the molecule is CC(C(=O)NC(C)(C)C)N(Cc1ccc(Cl)cc1)C(=O)CN(c1cc(Cl)cc(Cl)c1)S(C)(=O)=O. The van der Waals surface area contributed by atoms with E-state index in [9.17, 15) is 18.0 Å². The average molecular weight is 549 g/mol. The minimum atomic E-state index is -3.88. The van der Waals surface area contributed by atoms with Crippen molar-refractivity contribution in [1.29, 1.82) is 0 Å². The number of benzene rings is 2. The standard InChI is InChI=1S/C23H28Cl3N3O4S/c1-15(22(31)27-23(2,3)4)28(13-16-6-8-17(24)9-7-16)21(30)14-29(34(5,32)33)20-11-18(25)10-19(26)12-20/h6-12,15H,13-14H2,1-5H3,(H,27,31). The number of carbonyl (C=O) groups is 2. The first-order chi connectivity index (χ1) is 15.6. The third-order valence-electron chi connectivity index (χ3n) is 4.75. The molecular formula is C23H28Cl3N3O4S. The van der Waals surface area contributed by atoms with E-state index in [1.807, 2.05) is 20.8 Å². The Hall–Kier alpha value is -2.00. The number of nitrogens with one attached hydrogen (secondary N) is 1. The van der Waals surface area contributed by atoms with Crippen LogP contribution in [0.2, 0.25) is 15.1 Å². The molecule has 7 nitrogen and oxygen atoms in total. The Labute approximate surface area is 216 Å². The molecule has 0 bridgehead atoms. The van der Waals surface area contributed by atoms with Crippen molar-refractivity contribution in [2.24, 2.45) is 0 Å². The summed E-state index contributed by atoms with van der Waals surface area (Å²) in [6.45, 7) is 6.61. The van der Waals surface area contributed by atoms with Crippen molar-refractivity contribution < 1.29 is 18.0 Å². The van der Waals surface area contributed by atoms with E-state index in [4.69, 9.17) is 34.8 Å². The monoisotopic (exact) mass is 547 g/mol. The van der Waals surface area contributed by atoms with Crippen molar-refractivity contribution in [2.75, 3.05) is 17.1 Å². The van der Waals surface area contributed by atoms with Crippen molar-refractivity contribution >= 4 is 62.3 Å². The molecule has 2 aromatic carbocycles. The molecule has 1 unspecified atom stereocenters. The second-order valence-electron chi connectivity index (χ2n) is 8.96. The highest BCUT2D eigenvalue weighted by Crippen LogP contribution is 2.27. The van der Waals surface area contributed by atoms with Gasteiger partial charge in [-0.15, -0.1) is 0 Å². The Morgan fingerprint density at radius 2 is 1.50 bits per heavy atom. The molecule has 0 fully saturated rings. The normalized spacial score (nSPS) is 12.7. The first-order valence-corrected chi connectivity index (χ1v) is 13.3. The van der Waals surface area contributed by atoms with E-state index in [1.54, 1.807) is 31.2 Å². The molecule has 34 heavy (non-hydrogen) atoms. The molecule has 1 N–H and O–H groups in total. The predicted molar refractivity (Wildman–Crippen MR) is 138 cm³/mol. The number of nitrogens with zero attached hydrogens (tertiary/aromatic N) is 2. The van der Waals surface area contributed by atoms with Crippen molar-refractivity contribution in [3.63, 3.8) is 0 Å². The Bertz CT molecular complexity index is 1130. The fraction of sp³-hybridized carbons (Fsp3) is 0.391. The van der Waals surface area contributed by atoms with E-state index in [0.29, 0.717) is 5.02 Å². The maximum atomic E-state index is 13.5. The van der Waals surface area contributed by atoms with Crippen LogP contribution in [0.5, 0.6) is 0 Å². The predicted octanol–water partition coefficient (Wildman–Crippen LogP) is 4.74. The molecule has 2 rings (SSSR count). The Morgan fingerprint density at radius 1 is 0.971 bits per heavy atom. The highest BCUT2D eigenvalue weighted by atomic mass is 35.5. The molecule has 0 saturated carbocycles. The Kier molecular flexibility index (Phi) is 9.27. The van der Waals surface area contributed by atoms with Gasteiger partial charge >= 0.3 is 0 Å². The fourth-order valence-corrected chi connectivity index (χ4v) is 4.61. The maximum Gasteiger partial charge on any atom is 0.244 e. The van der Waals surface area contributed by atoms with E-state index >= 15 is 0 Å². The largest absolute Gasteiger partial charge is 0.350 e. The summed E-state index contributed by atoms with van der Waals surface area (Å²) in [4.78, 5) is 27.7. The van der Waals surface area contributed by atoms with Crippen LogP contribution in [0.15, 0.2) is 42.5 Å². The minimum Gasteiger partial charge on any atom is -0.350 e. The van der Waals surface area contributed by atoms with Gasteiger partial charge in [0.05, 0.1) is 11.9 Å². The first kappa shape index (κ1) is 28.2. The van der Waals surface area contributed by atoms with Crippen LogP contribution in [0.4, 0.5) is 5.69 Å². The topological polar surface area (TPSA) is 86.8 Å². The molecule has 0 heterocycles. The van der Waals surface area contributed by atoms with Gasteiger partial charge in [0, 0.05) is 27.2 Å². The summed E-state index contributed by atoms with van der Waals surface area (Å²) in [5, 5.41) is 3.83. The van der Waals surface area contributed by atoms with Gasteiger partial charge in [0.15, 0.2) is 0 Å². The molecule has 2 aromatic rings. The lowest BCUT2D eigenvalue weighted by molar-refractivity contribution is -0.140. The summed E-state index contributed by atoms with van der Waals surface area (Å²) in [6.07, 6.45) is 0.981. The highest BCUT2D eigenvalue weighted by molar-refractivity contribution is 7.92. The molecule has 0 spiro atoms. The molecule has 0 aliphatic carbocycles. The molecule has 2 amide bonds. The van der Waals surface area contributed by atoms with E-state index in [-0.39, 0.29) is 28.2 Å². The maximum absolute atomic E-state index is 13.5. The summed E-state index contributed by atoms with van der Waals surface area (Å²) in [5.74, 6) is -0.945. The molecule has 0 aromatic heterocycles. The van der Waals surface area contributed by atoms with Crippen LogP contribution < -0.4 is 9.62 Å². The van der Waals surface area contributed by atoms with Crippen LogP contribution >= 0.6 is 34.8 Å². The third-order valence-corrected chi connectivity index (χ3v) is 6.58. The number of hydrogen-bond acceptors (Lipinski definition) is 4. The summed E-state index contributed by atoms with van der Waals surface area (Å²) in [6, 6.07) is 10.2. The molecule has 0 aliphatic rings. The summed E-state index contributed by atoms with van der Waals surface area (Å²) in [7, 11) is -3.88. The van der Waals surface area contributed by atoms with E-state index in [1.165, 1.54) is 23.1 Å². The quantitative estimate of drug-likeness (QED) is 0.516. The van der Waals surface area contributed by atoms with E-state index in [0.717, 1.165) is 16.1 Å². The molecule has 11 heteroatoms. The van der Waals surface area contributed by atoms with Crippen molar-refractivity contribution in [2.45, 2.75) is 45.8 Å². The van der Waals surface area contributed by atoms with Crippen molar-refractivity contribution in [3.8, 4) is 0 Å². The van der Waals surface area contributed by atoms with Crippen LogP contribution in [-0.2, 0) is 26.2 Å². The van der Waals surface area contributed by atoms with E-state index in [2.05, 4.69) is 5.32 Å². The lowest BCUT2D eigenvalue weighted by Crippen LogP contribution is -2.54. The fourth-order valence-electron chi connectivity index (χ4n) is 3.14.